The van der Waals surface area contributed by atoms with Crippen LogP contribution in [-0.4, -0.2) is 20.0 Å². The minimum absolute atomic E-state index is 0.482. The molecule has 2 aromatic rings. The zero-order valence-electron chi connectivity index (χ0n) is 14.5. The fourth-order valence-electron chi connectivity index (χ4n) is 2.37. The summed E-state index contributed by atoms with van der Waals surface area (Å²) >= 11 is 0. The normalized spacial score (nSPS) is 10.3. The number of carbonyl (C=O) groups excluding carboxylic acids is 1. The Bertz CT molecular complexity index is 679. The Morgan fingerprint density at radius 1 is 1.08 bits per heavy atom. The van der Waals surface area contributed by atoms with Crippen LogP contribution in [0.2, 0.25) is 0 Å². The zero-order valence-corrected chi connectivity index (χ0v) is 14.5. The summed E-state index contributed by atoms with van der Waals surface area (Å²) in [6.07, 6.45) is 3.95. The summed E-state index contributed by atoms with van der Waals surface area (Å²) in [5, 5.41) is 0. The summed E-state index contributed by atoms with van der Waals surface area (Å²) in [5.41, 5.74) is 1.58. The summed E-state index contributed by atoms with van der Waals surface area (Å²) < 4.78 is 17.2. The van der Waals surface area contributed by atoms with E-state index in [2.05, 4.69) is 6.92 Å². The number of aldehydes is 1. The largest absolute Gasteiger partial charge is 0.493 e. The Balaban J connectivity index is 2.32. The van der Waals surface area contributed by atoms with Crippen LogP contribution in [0.3, 0.4) is 0 Å². The molecular formula is C20H24O4. The van der Waals surface area contributed by atoms with Crippen LogP contribution < -0.4 is 14.2 Å². The van der Waals surface area contributed by atoms with Crippen LogP contribution in [0, 0.1) is 6.92 Å². The SMILES string of the molecule is CCCCCOc1c(OC)cc(C=O)cc1Oc1cccc(C)c1. The molecule has 4 nitrogen and oxygen atoms in total. The average molecular weight is 328 g/mol. The average Bonchev–Trinajstić information content (AvgIpc) is 2.59. The molecule has 128 valence electrons. The fourth-order valence-corrected chi connectivity index (χ4v) is 2.37. The minimum Gasteiger partial charge on any atom is -0.493 e. The maximum atomic E-state index is 11.2. The minimum atomic E-state index is 0.482. The van der Waals surface area contributed by atoms with Crippen LogP contribution in [-0.2, 0) is 0 Å². The molecule has 4 heteroatoms. The lowest BCUT2D eigenvalue weighted by atomic mass is 10.2. The van der Waals surface area contributed by atoms with Gasteiger partial charge < -0.3 is 14.2 Å². The number of carbonyl (C=O) groups is 1. The van der Waals surface area contributed by atoms with E-state index in [0.717, 1.165) is 31.1 Å². The van der Waals surface area contributed by atoms with Crippen molar-refractivity contribution in [1.29, 1.82) is 0 Å². The highest BCUT2D eigenvalue weighted by Crippen LogP contribution is 2.41. The second-order valence-corrected chi connectivity index (χ2v) is 5.64. The molecule has 0 radical (unpaired) electrons. The summed E-state index contributed by atoms with van der Waals surface area (Å²) in [6.45, 7) is 4.72. The number of benzene rings is 2. The van der Waals surface area contributed by atoms with Gasteiger partial charge in [-0.15, -0.1) is 0 Å². The molecule has 0 spiro atoms. The van der Waals surface area contributed by atoms with Crippen molar-refractivity contribution in [2.75, 3.05) is 13.7 Å². The van der Waals surface area contributed by atoms with Crippen molar-refractivity contribution in [3.8, 4) is 23.0 Å². The van der Waals surface area contributed by atoms with Crippen molar-refractivity contribution in [1.82, 2.24) is 0 Å². The van der Waals surface area contributed by atoms with E-state index < -0.39 is 0 Å². The summed E-state index contributed by atoms with van der Waals surface area (Å²) in [6, 6.07) is 11.1. The predicted octanol–water partition coefficient (Wildman–Crippen LogP) is 5.18. The van der Waals surface area contributed by atoms with Gasteiger partial charge in [-0.2, -0.15) is 0 Å². The molecule has 0 aliphatic rings. The van der Waals surface area contributed by atoms with Crippen molar-refractivity contribution < 1.29 is 19.0 Å². The van der Waals surface area contributed by atoms with Gasteiger partial charge in [-0.25, -0.2) is 0 Å². The lowest BCUT2D eigenvalue weighted by Gasteiger charge is -2.16. The van der Waals surface area contributed by atoms with E-state index in [9.17, 15) is 4.79 Å². The van der Waals surface area contributed by atoms with Crippen molar-refractivity contribution in [3.63, 3.8) is 0 Å². The van der Waals surface area contributed by atoms with Gasteiger partial charge >= 0.3 is 0 Å². The van der Waals surface area contributed by atoms with E-state index in [1.54, 1.807) is 19.2 Å². The Morgan fingerprint density at radius 2 is 1.88 bits per heavy atom. The monoisotopic (exact) mass is 328 g/mol. The zero-order chi connectivity index (χ0) is 17.4. The fraction of sp³-hybridized carbons (Fsp3) is 0.350. The first-order valence-electron chi connectivity index (χ1n) is 8.22. The van der Waals surface area contributed by atoms with Crippen molar-refractivity contribution in [2.45, 2.75) is 33.1 Å². The summed E-state index contributed by atoms with van der Waals surface area (Å²) in [5.74, 6) is 2.21. The first-order chi connectivity index (χ1) is 11.7. The number of methoxy groups -OCH3 is 1. The van der Waals surface area contributed by atoms with Gasteiger partial charge in [0.25, 0.3) is 0 Å². The van der Waals surface area contributed by atoms with E-state index in [0.29, 0.717) is 35.2 Å². The van der Waals surface area contributed by atoms with Gasteiger partial charge in [0, 0.05) is 5.56 Å². The van der Waals surface area contributed by atoms with Crippen LogP contribution in [0.25, 0.3) is 0 Å². The van der Waals surface area contributed by atoms with Crippen LogP contribution in [0.4, 0.5) is 0 Å². The number of aryl methyl sites for hydroxylation is 1. The molecule has 24 heavy (non-hydrogen) atoms. The third-order valence-electron chi connectivity index (χ3n) is 3.61. The van der Waals surface area contributed by atoms with Crippen LogP contribution in [0.1, 0.15) is 42.1 Å². The second kappa shape index (κ2) is 8.96. The molecule has 0 aromatic heterocycles. The molecular weight excluding hydrogens is 304 g/mol. The summed E-state index contributed by atoms with van der Waals surface area (Å²) in [4.78, 5) is 11.2. The Hall–Kier alpha value is -2.49. The lowest BCUT2D eigenvalue weighted by molar-refractivity contribution is 0.112. The maximum absolute atomic E-state index is 11.2. The van der Waals surface area contributed by atoms with Crippen molar-refractivity contribution >= 4 is 6.29 Å². The maximum Gasteiger partial charge on any atom is 0.204 e. The van der Waals surface area contributed by atoms with Gasteiger partial charge in [0.2, 0.25) is 5.75 Å². The van der Waals surface area contributed by atoms with E-state index in [1.807, 2.05) is 31.2 Å². The Labute approximate surface area is 143 Å². The van der Waals surface area contributed by atoms with Crippen LogP contribution >= 0.6 is 0 Å². The van der Waals surface area contributed by atoms with Gasteiger partial charge in [-0.05, 0) is 43.2 Å². The summed E-state index contributed by atoms with van der Waals surface area (Å²) in [7, 11) is 1.55. The second-order valence-electron chi connectivity index (χ2n) is 5.64. The number of ether oxygens (including phenoxy) is 3. The van der Waals surface area contributed by atoms with Crippen LogP contribution in [0.15, 0.2) is 36.4 Å². The highest BCUT2D eigenvalue weighted by Gasteiger charge is 2.15. The molecule has 0 saturated carbocycles. The van der Waals surface area contributed by atoms with E-state index >= 15 is 0 Å². The Morgan fingerprint density at radius 3 is 2.54 bits per heavy atom. The molecule has 0 saturated heterocycles. The van der Waals surface area contributed by atoms with Gasteiger partial charge in [0.1, 0.15) is 12.0 Å². The van der Waals surface area contributed by atoms with Gasteiger partial charge in [-0.3, -0.25) is 4.79 Å². The molecule has 0 N–H and O–H groups in total. The first-order valence-corrected chi connectivity index (χ1v) is 8.22. The van der Waals surface area contributed by atoms with Gasteiger partial charge in [0.15, 0.2) is 11.5 Å². The van der Waals surface area contributed by atoms with E-state index in [-0.39, 0.29) is 0 Å². The smallest absolute Gasteiger partial charge is 0.204 e. The highest BCUT2D eigenvalue weighted by atomic mass is 16.5. The third-order valence-corrected chi connectivity index (χ3v) is 3.61. The van der Waals surface area contributed by atoms with Crippen LogP contribution in [0.5, 0.6) is 23.0 Å². The molecule has 2 aromatic carbocycles. The standard InChI is InChI=1S/C20H24O4/c1-4-5-6-10-23-20-18(22-3)12-16(14-21)13-19(20)24-17-9-7-8-15(2)11-17/h7-9,11-14H,4-6,10H2,1-3H3. The van der Waals surface area contributed by atoms with Gasteiger partial charge in [0.05, 0.1) is 13.7 Å². The topological polar surface area (TPSA) is 44.8 Å². The first kappa shape index (κ1) is 17.9. The van der Waals surface area contributed by atoms with E-state index in [4.69, 9.17) is 14.2 Å². The molecule has 0 amide bonds. The molecule has 0 fully saturated rings. The Kier molecular flexibility index (Phi) is 6.67. The molecule has 0 aliphatic heterocycles. The number of hydrogen-bond donors (Lipinski definition) is 0. The lowest BCUT2D eigenvalue weighted by Crippen LogP contribution is -2.02. The molecule has 0 unspecified atom stereocenters. The number of unbranched alkanes of at least 4 members (excludes halogenated alkanes) is 2. The van der Waals surface area contributed by atoms with E-state index in [1.165, 1.54) is 0 Å². The molecule has 2 rings (SSSR count). The predicted molar refractivity (Wildman–Crippen MR) is 94.7 cm³/mol. The molecule has 0 atom stereocenters. The molecule has 0 aliphatic carbocycles. The molecule has 0 heterocycles. The number of hydrogen-bond acceptors (Lipinski definition) is 4. The van der Waals surface area contributed by atoms with Gasteiger partial charge in [-0.1, -0.05) is 31.9 Å². The highest BCUT2D eigenvalue weighted by molar-refractivity contribution is 5.78. The van der Waals surface area contributed by atoms with Crippen molar-refractivity contribution in [2.24, 2.45) is 0 Å². The third kappa shape index (κ3) is 4.75. The quantitative estimate of drug-likeness (QED) is 0.470. The van der Waals surface area contributed by atoms with Crippen molar-refractivity contribution in [3.05, 3.63) is 47.5 Å². The molecule has 0 bridgehead atoms. The number of rotatable bonds is 9.